The largest absolute Gasteiger partial charge is 0.355 e. The van der Waals surface area contributed by atoms with Crippen LogP contribution >= 0.6 is 11.6 Å². The number of halogens is 1. The van der Waals surface area contributed by atoms with Gasteiger partial charge in [-0.1, -0.05) is 30.3 Å². The van der Waals surface area contributed by atoms with Crippen LogP contribution in [-0.2, 0) is 16.6 Å². The lowest BCUT2D eigenvalue weighted by Crippen LogP contribution is -2.30. The number of hydrogen-bond donors (Lipinski definition) is 1. The predicted octanol–water partition coefficient (Wildman–Crippen LogP) is 2.78. The molecule has 0 heterocycles. The van der Waals surface area contributed by atoms with Crippen LogP contribution in [0.5, 0.6) is 0 Å². The zero-order valence-corrected chi connectivity index (χ0v) is 16.3. The molecule has 0 aliphatic rings. The van der Waals surface area contributed by atoms with Gasteiger partial charge in [-0.2, -0.15) is 0 Å². The van der Waals surface area contributed by atoms with Crippen molar-refractivity contribution in [2.24, 2.45) is 5.14 Å². The number of primary sulfonamides is 1. The molecule has 0 aliphatic carbocycles. The zero-order valence-electron chi connectivity index (χ0n) is 14.7. The first-order valence-corrected chi connectivity index (χ1v) is 9.91. The highest BCUT2D eigenvalue weighted by molar-refractivity contribution is 7.89. The van der Waals surface area contributed by atoms with E-state index in [1.165, 1.54) is 4.90 Å². The van der Waals surface area contributed by atoms with Gasteiger partial charge in [0.15, 0.2) is 5.69 Å². The molecule has 0 aromatic heterocycles. The number of hydrogen-bond acceptors (Lipinski definition) is 7. The molecule has 0 radical (unpaired) electrons. The monoisotopic (exact) mass is 428 g/mol. The fourth-order valence-electron chi connectivity index (χ4n) is 2.69. The molecule has 0 saturated heterocycles. The summed E-state index contributed by atoms with van der Waals surface area (Å²) in [6.07, 6.45) is 0. The van der Waals surface area contributed by atoms with E-state index in [9.17, 15) is 28.6 Å². The molecule has 0 fully saturated rings. The summed E-state index contributed by atoms with van der Waals surface area (Å²) in [6, 6.07) is 10.2. The zero-order chi connectivity index (χ0) is 21.1. The third-order valence-electron chi connectivity index (χ3n) is 3.77. The second kappa shape index (κ2) is 8.50. The van der Waals surface area contributed by atoms with Gasteiger partial charge in [-0.15, -0.1) is 11.6 Å². The van der Waals surface area contributed by atoms with Crippen LogP contribution in [0.2, 0.25) is 0 Å². The van der Waals surface area contributed by atoms with Crippen LogP contribution in [0.4, 0.5) is 17.1 Å². The normalized spacial score (nSPS) is 12.4. The van der Waals surface area contributed by atoms with Gasteiger partial charge in [0, 0.05) is 30.6 Å². The molecular weight excluding hydrogens is 412 g/mol. The minimum absolute atomic E-state index is 0.0485. The quantitative estimate of drug-likeness (QED) is 0.385. The number of rotatable bonds is 8. The van der Waals surface area contributed by atoms with E-state index in [1.54, 1.807) is 37.3 Å². The first-order valence-electron chi connectivity index (χ1n) is 7.93. The Morgan fingerprint density at radius 2 is 1.61 bits per heavy atom. The van der Waals surface area contributed by atoms with Crippen molar-refractivity contribution >= 4 is 38.7 Å². The molecule has 12 heteroatoms. The predicted molar refractivity (Wildman–Crippen MR) is 104 cm³/mol. The first kappa shape index (κ1) is 21.5. The first-order chi connectivity index (χ1) is 13.0. The summed E-state index contributed by atoms with van der Waals surface area (Å²) in [4.78, 5) is 22.1. The molecule has 1 unspecified atom stereocenters. The Kier molecular flexibility index (Phi) is 6.54. The van der Waals surface area contributed by atoms with Gasteiger partial charge < -0.3 is 4.90 Å². The molecule has 0 amide bonds. The Morgan fingerprint density at radius 1 is 1.11 bits per heavy atom. The van der Waals surface area contributed by atoms with Crippen molar-refractivity contribution in [3.8, 4) is 0 Å². The summed E-state index contributed by atoms with van der Waals surface area (Å²) >= 11 is 6.06. The number of nitro groups is 2. The Balaban J connectivity index is 2.75. The lowest BCUT2D eigenvalue weighted by Gasteiger charge is -2.25. The standard InChI is InChI=1S/C16H17ClN4O6S/c1-11(17)9-19(10-12-5-3-2-4-6-12)16-14(20(22)23)7-13(28(18,26)27)8-15(16)21(24)25/h2-8,11H,9-10H2,1H3,(H2,18,26,27). The molecule has 2 N–H and O–H groups in total. The molecule has 2 aromatic carbocycles. The smallest absolute Gasteiger partial charge is 0.301 e. The lowest BCUT2D eigenvalue weighted by atomic mass is 10.1. The second-order valence-electron chi connectivity index (χ2n) is 6.02. The minimum Gasteiger partial charge on any atom is -0.355 e. The number of sulfonamides is 1. The summed E-state index contributed by atoms with van der Waals surface area (Å²) in [7, 11) is -4.39. The molecule has 0 spiro atoms. The van der Waals surface area contributed by atoms with Crippen LogP contribution in [0.25, 0.3) is 0 Å². The highest BCUT2D eigenvalue weighted by Crippen LogP contribution is 2.40. The maximum absolute atomic E-state index is 11.6. The van der Waals surface area contributed by atoms with Crippen LogP contribution in [0.1, 0.15) is 12.5 Å². The number of nitrogens with zero attached hydrogens (tertiary/aromatic N) is 3. The van der Waals surface area contributed by atoms with Gasteiger partial charge in [0.25, 0.3) is 0 Å². The van der Waals surface area contributed by atoms with Crippen molar-refractivity contribution in [1.82, 2.24) is 0 Å². The van der Waals surface area contributed by atoms with Crippen molar-refractivity contribution in [2.75, 3.05) is 11.4 Å². The van der Waals surface area contributed by atoms with Gasteiger partial charge in [0.1, 0.15) is 0 Å². The van der Waals surface area contributed by atoms with Gasteiger partial charge in [0.05, 0.1) is 14.7 Å². The summed E-state index contributed by atoms with van der Waals surface area (Å²) in [5.74, 6) is 0. The van der Waals surface area contributed by atoms with Gasteiger partial charge in [-0.25, -0.2) is 13.6 Å². The molecule has 1 atom stereocenters. The van der Waals surface area contributed by atoms with E-state index < -0.39 is 41.5 Å². The van der Waals surface area contributed by atoms with Crippen LogP contribution in [0.3, 0.4) is 0 Å². The molecule has 2 rings (SSSR count). The van der Waals surface area contributed by atoms with Crippen molar-refractivity contribution in [3.05, 3.63) is 68.3 Å². The fraction of sp³-hybridized carbons (Fsp3) is 0.250. The number of anilines is 1. The topological polar surface area (TPSA) is 150 Å². The lowest BCUT2D eigenvalue weighted by molar-refractivity contribution is -0.393. The van der Waals surface area contributed by atoms with Crippen LogP contribution in [0.15, 0.2) is 47.4 Å². The van der Waals surface area contributed by atoms with E-state index in [-0.39, 0.29) is 18.8 Å². The van der Waals surface area contributed by atoms with Crippen LogP contribution in [-0.4, -0.2) is 30.2 Å². The van der Waals surface area contributed by atoms with E-state index in [2.05, 4.69) is 0 Å². The maximum atomic E-state index is 11.6. The van der Waals surface area contributed by atoms with Gasteiger partial charge >= 0.3 is 11.4 Å². The molecular formula is C16H17ClN4O6S. The Hall–Kier alpha value is -2.76. The molecule has 10 nitrogen and oxygen atoms in total. The number of benzene rings is 2. The molecule has 28 heavy (non-hydrogen) atoms. The minimum atomic E-state index is -4.39. The number of nitrogens with two attached hydrogens (primary N) is 1. The Morgan fingerprint density at radius 3 is 2.00 bits per heavy atom. The summed E-state index contributed by atoms with van der Waals surface area (Å²) < 4.78 is 23.3. The van der Waals surface area contributed by atoms with E-state index in [1.807, 2.05) is 0 Å². The number of alkyl halides is 1. The van der Waals surface area contributed by atoms with Crippen LogP contribution < -0.4 is 10.0 Å². The molecule has 2 aromatic rings. The molecule has 0 aliphatic heterocycles. The average molecular weight is 429 g/mol. The Labute approximate surface area is 165 Å². The van der Waals surface area contributed by atoms with E-state index >= 15 is 0 Å². The van der Waals surface area contributed by atoms with Crippen molar-refractivity contribution < 1.29 is 18.3 Å². The summed E-state index contributed by atoms with van der Waals surface area (Å²) in [5, 5.41) is 27.7. The van der Waals surface area contributed by atoms with E-state index in [0.29, 0.717) is 12.1 Å². The third kappa shape index (κ3) is 5.15. The SMILES string of the molecule is CC(Cl)CN(Cc1ccccc1)c1c([N+](=O)[O-])cc(S(N)(=O)=O)cc1[N+](=O)[O-]. The highest BCUT2D eigenvalue weighted by Gasteiger charge is 2.33. The van der Waals surface area contributed by atoms with E-state index in [4.69, 9.17) is 16.7 Å². The molecule has 150 valence electrons. The fourth-order valence-corrected chi connectivity index (χ4v) is 3.41. The van der Waals surface area contributed by atoms with Crippen molar-refractivity contribution in [3.63, 3.8) is 0 Å². The maximum Gasteiger partial charge on any atom is 0.301 e. The Bertz CT molecular complexity index is 962. The van der Waals surface area contributed by atoms with Crippen molar-refractivity contribution in [2.45, 2.75) is 23.7 Å². The molecule has 0 bridgehead atoms. The highest BCUT2D eigenvalue weighted by atomic mass is 35.5. The van der Waals surface area contributed by atoms with E-state index in [0.717, 1.165) is 5.56 Å². The van der Waals surface area contributed by atoms with Gasteiger partial charge in [-0.3, -0.25) is 20.2 Å². The summed E-state index contributed by atoms with van der Waals surface area (Å²) in [5.41, 5.74) is -1.09. The average Bonchev–Trinajstić information content (AvgIpc) is 2.59. The molecule has 0 saturated carbocycles. The van der Waals surface area contributed by atoms with Gasteiger partial charge in [-0.05, 0) is 12.5 Å². The second-order valence-corrected chi connectivity index (χ2v) is 8.32. The third-order valence-corrected chi connectivity index (χ3v) is 4.80. The van der Waals surface area contributed by atoms with Crippen molar-refractivity contribution in [1.29, 1.82) is 0 Å². The van der Waals surface area contributed by atoms with Crippen LogP contribution in [0, 0.1) is 20.2 Å². The summed E-state index contributed by atoms with van der Waals surface area (Å²) in [6.45, 7) is 1.77. The number of nitro benzene ring substituents is 2. The van der Waals surface area contributed by atoms with Gasteiger partial charge in [0.2, 0.25) is 10.0 Å².